The van der Waals surface area contributed by atoms with Crippen LogP contribution in [0.5, 0.6) is 0 Å². The third-order valence-corrected chi connectivity index (χ3v) is 4.31. The molecular formula is C20H18FN5O. The standard InChI is InChI=1S/C20H18FN5O/c21-17-4-2-1-3-16(17)14-9-15(12-22-11-14)25-19(27)18-7-8-23-20(26-18)24-10-13-5-6-13/h1-4,7-9,11-13H,5-6,10H2,(H,25,27)(H,23,24,26). The normalized spacial score (nSPS) is 13.2. The van der Waals surface area contributed by atoms with Crippen molar-refractivity contribution < 1.29 is 9.18 Å². The molecule has 3 aromatic rings. The van der Waals surface area contributed by atoms with Gasteiger partial charge in [-0.15, -0.1) is 0 Å². The van der Waals surface area contributed by atoms with E-state index < -0.39 is 0 Å². The minimum Gasteiger partial charge on any atom is -0.354 e. The third-order valence-electron chi connectivity index (χ3n) is 4.31. The maximum absolute atomic E-state index is 14.0. The molecule has 136 valence electrons. The molecule has 1 fully saturated rings. The van der Waals surface area contributed by atoms with Crippen LogP contribution in [0.1, 0.15) is 23.3 Å². The van der Waals surface area contributed by atoms with Crippen LogP contribution in [0.15, 0.2) is 55.0 Å². The van der Waals surface area contributed by atoms with E-state index in [4.69, 9.17) is 0 Å². The number of carbonyl (C=O) groups excluding carboxylic acids is 1. The Morgan fingerprint density at radius 1 is 1.19 bits per heavy atom. The number of rotatable bonds is 6. The van der Waals surface area contributed by atoms with E-state index in [0.717, 1.165) is 6.54 Å². The molecule has 6 nitrogen and oxygen atoms in total. The number of hydrogen-bond donors (Lipinski definition) is 2. The van der Waals surface area contributed by atoms with Crippen molar-refractivity contribution >= 4 is 17.5 Å². The summed E-state index contributed by atoms with van der Waals surface area (Å²) < 4.78 is 14.0. The minimum absolute atomic E-state index is 0.250. The van der Waals surface area contributed by atoms with Gasteiger partial charge >= 0.3 is 0 Å². The summed E-state index contributed by atoms with van der Waals surface area (Å²) in [5, 5.41) is 5.90. The number of nitrogens with one attached hydrogen (secondary N) is 2. The van der Waals surface area contributed by atoms with Crippen LogP contribution >= 0.6 is 0 Å². The molecule has 1 aliphatic rings. The van der Waals surface area contributed by atoms with Crippen molar-refractivity contribution in [3.05, 3.63) is 66.5 Å². The van der Waals surface area contributed by atoms with Crippen LogP contribution in [0.3, 0.4) is 0 Å². The van der Waals surface area contributed by atoms with E-state index in [1.54, 1.807) is 42.7 Å². The van der Waals surface area contributed by atoms with Crippen molar-refractivity contribution in [2.24, 2.45) is 5.92 Å². The fraction of sp³-hybridized carbons (Fsp3) is 0.200. The second kappa shape index (κ2) is 7.49. The molecular weight excluding hydrogens is 345 g/mol. The topological polar surface area (TPSA) is 79.8 Å². The van der Waals surface area contributed by atoms with Crippen LogP contribution in [0.4, 0.5) is 16.0 Å². The molecule has 0 saturated heterocycles. The Bertz CT molecular complexity index is 974. The molecule has 4 rings (SSSR count). The summed E-state index contributed by atoms with van der Waals surface area (Å²) in [4.78, 5) is 25.0. The van der Waals surface area contributed by atoms with E-state index in [1.807, 2.05) is 0 Å². The van der Waals surface area contributed by atoms with Crippen molar-refractivity contribution in [1.29, 1.82) is 0 Å². The summed E-state index contributed by atoms with van der Waals surface area (Å²) in [6, 6.07) is 9.66. The molecule has 27 heavy (non-hydrogen) atoms. The van der Waals surface area contributed by atoms with Crippen LogP contribution in [0, 0.1) is 11.7 Å². The van der Waals surface area contributed by atoms with Crippen LogP contribution < -0.4 is 10.6 Å². The second-order valence-corrected chi connectivity index (χ2v) is 6.49. The Kier molecular flexibility index (Phi) is 4.74. The van der Waals surface area contributed by atoms with Gasteiger partial charge in [0.15, 0.2) is 0 Å². The Balaban J connectivity index is 1.49. The lowest BCUT2D eigenvalue weighted by atomic mass is 10.1. The predicted octanol–water partition coefficient (Wildman–Crippen LogP) is 3.75. The summed E-state index contributed by atoms with van der Waals surface area (Å²) in [5.41, 5.74) is 1.72. The van der Waals surface area contributed by atoms with Crippen LogP contribution in [0.25, 0.3) is 11.1 Å². The van der Waals surface area contributed by atoms with E-state index in [2.05, 4.69) is 25.6 Å². The maximum Gasteiger partial charge on any atom is 0.274 e. The van der Waals surface area contributed by atoms with Gasteiger partial charge < -0.3 is 10.6 Å². The van der Waals surface area contributed by atoms with Gasteiger partial charge in [-0.1, -0.05) is 18.2 Å². The van der Waals surface area contributed by atoms with Crippen LogP contribution in [0.2, 0.25) is 0 Å². The number of hydrogen-bond acceptors (Lipinski definition) is 5. The molecule has 0 spiro atoms. The van der Waals surface area contributed by atoms with E-state index in [1.165, 1.54) is 25.1 Å². The van der Waals surface area contributed by atoms with Gasteiger partial charge in [-0.25, -0.2) is 14.4 Å². The van der Waals surface area contributed by atoms with Crippen molar-refractivity contribution in [3.63, 3.8) is 0 Å². The molecule has 1 aromatic carbocycles. The summed E-state index contributed by atoms with van der Waals surface area (Å²) >= 11 is 0. The number of carbonyl (C=O) groups is 1. The number of anilines is 2. The Hall–Kier alpha value is -3.35. The first-order chi connectivity index (χ1) is 13.2. The number of pyridine rings is 1. The Labute approximate surface area is 155 Å². The van der Waals surface area contributed by atoms with E-state index in [-0.39, 0.29) is 17.4 Å². The van der Waals surface area contributed by atoms with Crippen molar-refractivity contribution in [1.82, 2.24) is 15.0 Å². The zero-order valence-electron chi connectivity index (χ0n) is 14.5. The van der Waals surface area contributed by atoms with E-state index in [0.29, 0.717) is 28.7 Å². The third kappa shape index (κ3) is 4.25. The predicted molar refractivity (Wildman–Crippen MR) is 101 cm³/mol. The molecule has 1 aliphatic carbocycles. The lowest BCUT2D eigenvalue weighted by Crippen LogP contribution is -2.16. The van der Waals surface area contributed by atoms with Crippen molar-refractivity contribution in [3.8, 4) is 11.1 Å². The first-order valence-electron chi connectivity index (χ1n) is 8.77. The highest BCUT2D eigenvalue weighted by molar-refractivity contribution is 6.03. The number of amides is 1. The van der Waals surface area contributed by atoms with Gasteiger partial charge in [0.25, 0.3) is 5.91 Å². The van der Waals surface area contributed by atoms with E-state index >= 15 is 0 Å². The first-order valence-corrected chi connectivity index (χ1v) is 8.77. The van der Waals surface area contributed by atoms with Gasteiger partial charge in [0, 0.05) is 30.1 Å². The molecule has 2 aromatic heterocycles. The second-order valence-electron chi connectivity index (χ2n) is 6.49. The van der Waals surface area contributed by atoms with E-state index in [9.17, 15) is 9.18 Å². The SMILES string of the molecule is O=C(Nc1cncc(-c2ccccc2F)c1)c1ccnc(NCC2CC2)n1. The number of halogens is 1. The zero-order valence-corrected chi connectivity index (χ0v) is 14.5. The molecule has 1 saturated carbocycles. The molecule has 2 heterocycles. The van der Waals surface area contributed by atoms with Gasteiger partial charge in [0.2, 0.25) is 5.95 Å². The summed E-state index contributed by atoms with van der Waals surface area (Å²) in [6.45, 7) is 0.819. The molecule has 0 atom stereocenters. The summed E-state index contributed by atoms with van der Waals surface area (Å²) in [7, 11) is 0. The van der Waals surface area contributed by atoms with Crippen LogP contribution in [-0.4, -0.2) is 27.4 Å². The van der Waals surface area contributed by atoms with Crippen LogP contribution in [-0.2, 0) is 0 Å². The molecule has 0 aliphatic heterocycles. The molecule has 7 heteroatoms. The monoisotopic (exact) mass is 363 g/mol. The summed E-state index contributed by atoms with van der Waals surface area (Å²) in [6.07, 6.45) is 7.05. The molecule has 0 radical (unpaired) electrons. The Morgan fingerprint density at radius 2 is 2.04 bits per heavy atom. The van der Waals surface area contributed by atoms with Gasteiger partial charge in [0.05, 0.1) is 11.9 Å². The molecule has 2 N–H and O–H groups in total. The summed E-state index contributed by atoms with van der Waals surface area (Å²) in [5.74, 6) is 0.398. The molecule has 1 amide bonds. The zero-order chi connectivity index (χ0) is 18.6. The maximum atomic E-state index is 14.0. The number of nitrogens with zero attached hydrogens (tertiary/aromatic N) is 3. The quantitative estimate of drug-likeness (QED) is 0.697. The highest BCUT2D eigenvalue weighted by atomic mass is 19.1. The fourth-order valence-corrected chi connectivity index (χ4v) is 2.67. The highest BCUT2D eigenvalue weighted by Crippen LogP contribution is 2.28. The average molecular weight is 363 g/mol. The van der Waals surface area contributed by atoms with Gasteiger partial charge in [-0.2, -0.15) is 0 Å². The molecule has 0 bridgehead atoms. The average Bonchev–Trinajstić information content (AvgIpc) is 3.52. The lowest BCUT2D eigenvalue weighted by Gasteiger charge is -2.08. The largest absolute Gasteiger partial charge is 0.354 e. The van der Waals surface area contributed by atoms with Gasteiger partial charge in [0.1, 0.15) is 11.5 Å². The lowest BCUT2D eigenvalue weighted by molar-refractivity contribution is 0.102. The highest BCUT2D eigenvalue weighted by Gasteiger charge is 2.21. The fourth-order valence-electron chi connectivity index (χ4n) is 2.67. The van der Waals surface area contributed by atoms with Gasteiger partial charge in [-0.05, 0) is 37.0 Å². The van der Waals surface area contributed by atoms with Crippen molar-refractivity contribution in [2.45, 2.75) is 12.8 Å². The van der Waals surface area contributed by atoms with Gasteiger partial charge in [-0.3, -0.25) is 9.78 Å². The van der Waals surface area contributed by atoms with Crippen molar-refractivity contribution in [2.75, 3.05) is 17.2 Å². The minimum atomic E-state index is -0.376. The smallest absolute Gasteiger partial charge is 0.274 e. The molecule has 0 unspecified atom stereocenters. The Morgan fingerprint density at radius 3 is 2.85 bits per heavy atom. The first kappa shape index (κ1) is 17.1. The number of aromatic nitrogens is 3. The number of benzene rings is 1.